The van der Waals surface area contributed by atoms with Crippen LogP contribution in [0.5, 0.6) is 0 Å². The summed E-state index contributed by atoms with van der Waals surface area (Å²) in [6, 6.07) is 7.57. The van der Waals surface area contributed by atoms with Crippen molar-refractivity contribution in [2.75, 3.05) is 6.54 Å². The molecule has 17 heteroatoms. The summed E-state index contributed by atoms with van der Waals surface area (Å²) in [7, 11) is -3.97. The lowest BCUT2D eigenvalue weighted by atomic mass is 9.96. The first-order valence-electron chi connectivity index (χ1n) is 20.3. The maximum Gasteiger partial charge on any atom is 0.408 e. The third kappa shape index (κ3) is 8.52. The van der Waals surface area contributed by atoms with E-state index < -0.39 is 85.9 Å². The van der Waals surface area contributed by atoms with Crippen LogP contribution in [0.4, 0.5) is 13.6 Å². The average Bonchev–Trinajstić information content (AvgIpc) is 4.11. The molecule has 4 amide bonds. The number of rotatable bonds is 8. The fraction of sp³-hybridized carbons (Fsp3) is 0.476. The fourth-order valence-electron chi connectivity index (χ4n) is 8.30. The number of sulfonamides is 1. The van der Waals surface area contributed by atoms with Gasteiger partial charge in [-0.25, -0.2) is 26.7 Å². The molecule has 5 aliphatic rings. The van der Waals surface area contributed by atoms with Gasteiger partial charge in [-0.2, -0.15) is 5.10 Å². The number of allylic oxidation sites excluding steroid dienone is 1. The van der Waals surface area contributed by atoms with Crippen LogP contribution in [-0.4, -0.2) is 82.4 Å². The van der Waals surface area contributed by atoms with Gasteiger partial charge in [-0.15, -0.1) is 0 Å². The summed E-state index contributed by atoms with van der Waals surface area (Å²) >= 11 is 0. The Labute approximate surface area is 339 Å². The van der Waals surface area contributed by atoms with Crippen LogP contribution in [0.25, 0.3) is 22.3 Å². The largest absolute Gasteiger partial charge is 0.446 e. The summed E-state index contributed by atoms with van der Waals surface area (Å²) in [4.78, 5) is 72.0. The van der Waals surface area contributed by atoms with Gasteiger partial charge in [-0.3, -0.25) is 23.9 Å². The summed E-state index contributed by atoms with van der Waals surface area (Å²) < 4.78 is 63.7. The molecule has 4 unspecified atom stereocenters. The van der Waals surface area contributed by atoms with Gasteiger partial charge in [0.2, 0.25) is 21.8 Å². The van der Waals surface area contributed by atoms with E-state index in [4.69, 9.17) is 4.74 Å². The van der Waals surface area contributed by atoms with Crippen LogP contribution in [0.15, 0.2) is 71.7 Å². The Balaban J connectivity index is 1.17. The Morgan fingerprint density at radius 3 is 2.34 bits per heavy atom. The molecule has 3 saturated carbocycles. The third-order valence-corrected chi connectivity index (χ3v) is 13.9. The minimum absolute atomic E-state index is 0.0173. The molecule has 14 nitrogen and oxygen atoms in total. The number of aromatic nitrogens is 2. The first-order chi connectivity index (χ1) is 28.3. The Morgan fingerprint density at radius 1 is 0.915 bits per heavy atom. The highest BCUT2D eigenvalue weighted by molar-refractivity contribution is 7.91. The molecule has 8 rings (SSSR count). The van der Waals surface area contributed by atoms with Crippen molar-refractivity contribution in [3.63, 3.8) is 0 Å². The lowest BCUT2D eigenvalue weighted by Crippen LogP contribution is -2.58. The average molecular weight is 833 g/mol. The first kappa shape index (κ1) is 40.3. The number of hydrogen-bond acceptors (Lipinski definition) is 9. The van der Waals surface area contributed by atoms with E-state index >= 15 is 0 Å². The lowest BCUT2D eigenvalue weighted by Gasteiger charge is -2.31. The number of ether oxygens (including phenoxy) is 1. The van der Waals surface area contributed by atoms with Gasteiger partial charge in [0.25, 0.3) is 11.5 Å². The molecule has 2 aromatic carbocycles. The highest BCUT2D eigenvalue weighted by Crippen LogP contribution is 2.46. The van der Waals surface area contributed by atoms with E-state index in [1.54, 1.807) is 6.07 Å². The monoisotopic (exact) mass is 832 g/mol. The second-order valence-corrected chi connectivity index (χ2v) is 18.2. The SMILES string of the molecule is O=C(NC1CCCCC/C=C\C2CC2(C(=O)NS(=O)(=O)C2CC2)NC(=O)[C@@H]2CC(n3ncc(-c4cccc(F)c4)c(-c4cccc(F)c4)c3=O)CN2C1=O)OC1CCC1. The van der Waals surface area contributed by atoms with Crippen molar-refractivity contribution in [3.05, 3.63) is 88.9 Å². The van der Waals surface area contributed by atoms with Gasteiger partial charge < -0.3 is 20.3 Å². The number of nitrogens with zero attached hydrogens (tertiary/aromatic N) is 3. The van der Waals surface area contributed by atoms with Crippen LogP contribution < -0.4 is 20.9 Å². The first-order valence-corrected chi connectivity index (χ1v) is 21.8. The van der Waals surface area contributed by atoms with Gasteiger partial charge in [0.15, 0.2) is 0 Å². The zero-order chi connectivity index (χ0) is 41.5. The van der Waals surface area contributed by atoms with E-state index in [2.05, 4.69) is 20.5 Å². The van der Waals surface area contributed by atoms with Crippen molar-refractivity contribution in [2.24, 2.45) is 5.92 Å². The molecule has 4 fully saturated rings. The Bertz CT molecular complexity index is 2370. The number of alkyl carbamates (subject to hydrolysis) is 1. The molecule has 3 aliphatic carbocycles. The van der Waals surface area contributed by atoms with Crippen molar-refractivity contribution in [1.82, 2.24) is 30.0 Å². The zero-order valence-corrected chi connectivity index (χ0v) is 33.1. The molecule has 2 aliphatic heterocycles. The molecule has 0 spiro atoms. The number of carbonyl (C=O) groups is 4. The Hall–Kier alpha value is -5.45. The molecular weight excluding hydrogens is 787 g/mol. The maximum absolute atomic E-state index is 14.7. The second-order valence-electron chi connectivity index (χ2n) is 16.3. The molecule has 312 valence electrons. The summed E-state index contributed by atoms with van der Waals surface area (Å²) in [5.41, 5.74) is -1.54. The van der Waals surface area contributed by atoms with Gasteiger partial charge in [0.1, 0.15) is 35.4 Å². The summed E-state index contributed by atoms with van der Waals surface area (Å²) in [6.45, 7) is -0.222. The van der Waals surface area contributed by atoms with E-state index in [9.17, 15) is 41.2 Å². The van der Waals surface area contributed by atoms with Crippen molar-refractivity contribution >= 4 is 33.8 Å². The molecule has 1 aromatic heterocycles. The minimum Gasteiger partial charge on any atom is -0.446 e. The fourth-order valence-corrected chi connectivity index (χ4v) is 9.66. The highest BCUT2D eigenvalue weighted by atomic mass is 32.2. The van der Waals surface area contributed by atoms with Gasteiger partial charge in [0, 0.05) is 24.4 Å². The Kier molecular flexibility index (Phi) is 11.1. The van der Waals surface area contributed by atoms with Crippen LogP contribution in [0.2, 0.25) is 0 Å². The molecule has 0 bridgehead atoms. The number of fused-ring (bicyclic) bond motifs is 2. The van der Waals surface area contributed by atoms with Gasteiger partial charge >= 0.3 is 6.09 Å². The predicted molar refractivity (Wildman–Crippen MR) is 211 cm³/mol. The van der Waals surface area contributed by atoms with Crippen molar-refractivity contribution < 1.29 is 41.1 Å². The lowest BCUT2D eigenvalue weighted by molar-refractivity contribution is -0.141. The summed E-state index contributed by atoms with van der Waals surface area (Å²) in [6.07, 6.45) is 10.1. The highest BCUT2D eigenvalue weighted by Gasteiger charge is 2.62. The number of amides is 4. The molecule has 3 aromatic rings. The van der Waals surface area contributed by atoms with Crippen LogP contribution in [0, 0.1) is 17.6 Å². The topological polar surface area (TPSA) is 186 Å². The molecule has 0 radical (unpaired) electrons. The van der Waals surface area contributed by atoms with Crippen LogP contribution in [0.3, 0.4) is 0 Å². The molecule has 3 heterocycles. The quantitative estimate of drug-likeness (QED) is 0.272. The second kappa shape index (κ2) is 16.3. The molecule has 59 heavy (non-hydrogen) atoms. The van der Waals surface area contributed by atoms with Crippen LogP contribution >= 0.6 is 0 Å². The Morgan fingerprint density at radius 2 is 1.64 bits per heavy atom. The van der Waals surface area contributed by atoms with E-state index in [0.29, 0.717) is 50.5 Å². The third-order valence-electron chi connectivity index (χ3n) is 12.1. The predicted octanol–water partition coefficient (Wildman–Crippen LogP) is 4.65. The molecular formula is C42H46F2N6O8S. The van der Waals surface area contributed by atoms with E-state index in [1.807, 2.05) is 12.2 Å². The van der Waals surface area contributed by atoms with Gasteiger partial charge in [-0.05, 0) is 93.2 Å². The minimum atomic E-state index is -3.97. The van der Waals surface area contributed by atoms with E-state index in [1.165, 1.54) is 53.6 Å². The summed E-state index contributed by atoms with van der Waals surface area (Å²) in [5, 5.41) is 9.32. The molecule has 5 atom stereocenters. The smallest absolute Gasteiger partial charge is 0.408 e. The van der Waals surface area contributed by atoms with Crippen LogP contribution in [0.1, 0.15) is 83.1 Å². The van der Waals surface area contributed by atoms with E-state index in [-0.39, 0.29) is 48.6 Å². The number of benzene rings is 2. The standard InChI is InChI=1S/C42H46F2N6O8S/c43-28-12-6-9-25(19-28)33-23-45-50(39(53)36(33)26-10-7-13-29(44)20-26)30-21-35-37(51)47-42(40(54)48-59(56,57)32-17-18-32)22-27(42)11-4-2-1-3-5-16-34(38(52)49(35)24-30)46-41(55)58-31-14-8-15-31/h4,6-7,9-13,19-20,23,27,30-32,34-35H,1-3,5,8,14-18,21-22,24H2,(H,46,55)(H,47,51)(H,48,54)/b11-4-/t27?,30?,34?,35-,42?/m0/s1. The van der Waals surface area contributed by atoms with Crippen molar-refractivity contribution in [1.29, 1.82) is 0 Å². The van der Waals surface area contributed by atoms with Gasteiger partial charge in [-0.1, -0.05) is 49.3 Å². The number of hydrogen-bond donors (Lipinski definition) is 3. The normalized spacial score (nSPS) is 26.8. The van der Waals surface area contributed by atoms with Gasteiger partial charge in [0.05, 0.1) is 23.1 Å². The number of carbonyl (C=O) groups excluding carboxylic acids is 4. The van der Waals surface area contributed by atoms with Crippen molar-refractivity contribution in [2.45, 2.75) is 112 Å². The molecule has 1 saturated heterocycles. The number of halogens is 2. The zero-order valence-electron chi connectivity index (χ0n) is 32.3. The van der Waals surface area contributed by atoms with Crippen molar-refractivity contribution in [3.8, 4) is 22.3 Å². The summed E-state index contributed by atoms with van der Waals surface area (Å²) in [5.74, 6) is -3.93. The molecule has 3 N–H and O–H groups in total. The van der Waals surface area contributed by atoms with E-state index in [0.717, 1.165) is 17.5 Å². The van der Waals surface area contributed by atoms with Crippen LogP contribution in [-0.2, 0) is 29.1 Å². The maximum atomic E-state index is 14.7. The number of nitrogens with one attached hydrogen (secondary N) is 3.